The Balaban J connectivity index is 2.26. The molecule has 0 aromatic carbocycles. The molecule has 1 radical (unpaired) electrons. The minimum absolute atomic E-state index is 0.805. The Kier molecular flexibility index (Phi) is 5.66. The molecule has 0 aliphatic heterocycles. The van der Waals surface area contributed by atoms with Crippen LogP contribution >= 0.6 is 0 Å². The van der Waals surface area contributed by atoms with Crippen molar-refractivity contribution in [3.63, 3.8) is 0 Å². The van der Waals surface area contributed by atoms with Crippen LogP contribution in [-0.2, 0) is 0 Å². The van der Waals surface area contributed by atoms with E-state index in [1.807, 2.05) is 0 Å². The fraction of sp³-hybridized carbons (Fsp3) is 1.00. The molecule has 0 amide bonds. The van der Waals surface area contributed by atoms with Crippen molar-refractivity contribution < 1.29 is 0 Å². The van der Waals surface area contributed by atoms with Gasteiger partial charge in [0.1, 0.15) is 7.28 Å². The number of hydrogen-bond acceptors (Lipinski definition) is 0. The smallest absolute Gasteiger partial charge is 0.0694 e. The molecular weight excluding hydrogens is 167 g/mol. The molecule has 1 aliphatic rings. The molecule has 1 saturated carbocycles. The normalized spacial score (nSPS) is 22.9. The Labute approximate surface area is 91.1 Å². The lowest BCUT2D eigenvalue weighted by Gasteiger charge is -2.23. The fourth-order valence-electron chi connectivity index (χ4n) is 2.33. The molecule has 1 unspecified atom stereocenters. The molecule has 0 N–H and O–H groups in total. The van der Waals surface area contributed by atoms with E-state index in [9.17, 15) is 0 Å². The second-order valence-electron chi connectivity index (χ2n) is 5.40. The molecule has 0 saturated heterocycles. The molecule has 0 aromatic heterocycles. The van der Waals surface area contributed by atoms with Crippen molar-refractivity contribution in [2.45, 2.75) is 77.4 Å². The van der Waals surface area contributed by atoms with Crippen LogP contribution < -0.4 is 0 Å². The van der Waals surface area contributed by atoms with Crippen LogP contribution in [0, 0.1) is 5.92 Å². The Morgan fingerprint density at radius 3 is 1.86 bits per heavy atom. The third kappa shape index (κ3) is 4.53. The van der Waals surface area contributed by atoms with E-state index in [1.165, 1.54) is 44.9 Å². The largest absolute Gasteiger partial charge is 0.117 e. The van der Waals surface area contributed by atoms with Gasteiger partial charge in [0.05, 0.1) is 0 Å². The van der Waals surface area contributed by atoms with Crippen LogP contribution in [0.4, 0.5) is 0 Å². The average molecular weight is 193 g/mol. The Morgan fingerprint density at radius 2 is 1.36 bits per heavy atom. The minimum atomic E-state index is 0.805. The first-order valence-electron chi connectivity index (χ1n) is 6.55. The summed E-state index contributed by atoms with van der Waals surface area (Å²) in [5.74, 6) is 2.55. The third-order valence-electron chi connectivity index (χ3n) is 3.78. The van der Waals surface area contributed by atoms with E-state index in [-0.39, 0.29) is 0 Å². The molecule has 1 aliphatic carbocycles. The van der Waals surface area contributed by atoms with Crippen LogP contribution in [0.1, 0.15) is 65.7 Å². The highest BCUT2D eigenvalue weighted by Gasteiger charge is 2.17. The van der Waals surface area contributed by atoms with Gasteiger partial charge in [0, 0.05) is 0 Å². The van der Waals surface area contributed by atoms with Gasteiger partial charge in [0.2, 0.25) is 0 Å². The van der Waals surface area contributed by atoms with E-state index in [0.717, 1.165) is 17.6 Å². The van der Waals surface area contributed by atoms with E-state index in [0.29, 0.717) is 0 Å². The second-order valence-corrected chi connectivity index (χ2v) is 5.40. The molecule has 81 valence electrons. The van der Waals surface area contributed by atoms with Gasteiger partial charge in [-0.2, -0.15) is 0 Å². The van der Waals surface area contributed by atoms with Crippen molar-refractivity contribution in [2.24, 2.45) is 5.92 Å². The highest BCUT2D eigenvalue weighted by molar-refractivity contribution is 6.39. The molecule has 1 rings (SSSR count). The van der Waals surface area contributed by atoms with Gasteiger partial charge in [-0.25, -0.2) is 0 Å². The molecule has 1 atom stereocenters. The molecule has 0 aromatic rings. The van der Waals surface area contributed by atoms with Gasteiger partial charge in [-0.1, -0.05) is 83.3 Å². The van der Waals surface area contributed by atoms with Crippen LogP contribution in [-0.4, -0.2) is 7.28 Å². The molecule has 0 bridgehead atoms. The molecule has 1 heteroatoms. The van der Waals surface area contributed by atoms with Gasteiger partial charge in [0.15, 0.2) is 0 Å². The van der Waals surface area contributed by atoms with Gasteiger partial charge in [-0.15, -0.1) is 0 Å². The summed E-state index contributed by atoms with van der Waals surface area (Å²) in [5, 5.41) is 0. The van der Waals surface area contributed by atoms with E-state index < -0.39 is 0 Å². The Morgan fingerprint density at radius 1 is 0.857 bits per heavy atom. The van der Waals surface area contributed by atoms with Crippen molar-refractivity contribution >= 4 is 7.28 Å². The Bertz CT molecular complexity index is 134. The maximum atomic E-state index is 2.63. The van der Waals surface area contributed by atoms with Gasteiger partial charge < -0.3 is 0 Å². The van der Waals surface area contributed by atoms with Crippen molar-refractivity contribution in [2.75, 3.05) is 0 Å². The number of rotatable bonds is 3. The second kappa shape index (κ2) is 6.53. The lowest BCUT2D eigenvalue weighted by atomic mass is 9.50. The summed E-state index contributed by atoms with van der Waals surface area (Å²) in [6.07, 6.45) is 10.3. The zero-order valence-electron chi connectivity index (χ0n) is 10.3. The van der Waals surface area contributed by atoms with E-state index in [1.54, 1.807) is 0 Å². The summed E-state index contributed by atoms with van der Waals surface area (Å²) in [7, 11) is 2.63. The zero-order chi connectivity index (χ0) is 10.4. The zero-order valence-corrected chi connectivity index (χ0v) is 10.3. The molecule has 0 nitrogen and oxygen atoms in total. The summed E-state index contributed by atoms with van der Waals surface area (Å²) in [6.45, 7) is 7.05. The lowest BCUT2D eigenvalue weighted by Crippen LogP contribution is -2.14. The van der Waals surface area contributed by atoms with Gasteiger partial charge in [-0.05, 0) is 0 Å². The molecular formula is C13H26B. The highest BCUT2D eigenvalue weighted by atomic mass is 14.1. The van der Waals surface area contributed by atoms with Crippen molar-refractivity contribution in [1.82, 2.24) is 0 Å². The minimum Gasteiger partial charge on any atom is -0.0694 e. The topological polar surface area (TPSA) is 0 Å². The van der Waals surface area contributed by atoms with Crippen LogP contribution in [0.25, 0.3) is 0 Å². The van der Waals surface area contributed by atoms with E-state index in [4.69, 9.17) is 0 Å². The quantitative estimate of drug-likeness (QED) is 0.570. The van der Waals surface area contributed by atoms with Crippen LogP contribution in [0.5, 0.6) is 0 Å². The summed E-state index contributed by atoms with van der Waals surface area (Å²) >= 11 is 0. The molecule has 1 fully saturated rings. The van der Waals surface area contributed by atoms with Crippen LogP contribution in [0.2, 0.25) is 11.6 Å². The highest BCUT2D eigenvalue weighted by Crippen LogP contribution is 2.30. The fourth-order valence-corrected chi connectivity index (χ4v) is 2.33. The van der Waals surface area contributed by atoms with Gasteiger partial charge >= 0.3 is 0 Å². The monoisotopic (exact) mass is 193 g/mol. The maximum Gasteiger partial charge on any atom is 0.117 e. The maximum absolute atomic E-state index is 2.63. The van der Waals surface area contributed by atoms with E-state index in [2.05, 4.69) is 28.1 Å². The Hall–Kier alpha value is 0.0649. The van der Waals surface area contributed by atoms with Crippen molar-refractivity contribution in [3.05, 3.63) is 0 Å². The first-order valence-corrected chi connectivity index (χ1v) is 6.55. The van der Waals surface area contributed by atoms with Gasteiger partial charge in [-0.3, -0.25) is 0 Å². The van der Waals surface area contributed by atoms with Crippen molar-refractivity contribution in [3.8, 4) is 0 Å². The van der Waals surface area contributed by atoms with Crippen molar-refractivity contribution in [1.29, 1.82) is 0 Å². The molecule has 0 spiro atoms. The predicted octanol–water partition coefficient (Wildman–Crippen LogP) is 4.69. The SMILES string of the molecule is CC(C)C(C)[B]C1CCCCCCC1. The first kappa shape index (κ1) is 12.1. The first-order chi connectivity index (χ1) is 6.70. The predicted molar refractivity (Wildman–Crippen MR) is 66.1 cm³/mol. The molecule has 14 heavy (non-hydrogen) atoms. The number of hydrogen-bond donors (Lipinski definition) is 0. The summed E-state index contributed by atoms with van der Waals surface area (Å²) in [4.78, 5) is 0. The van der Waals surface area contributed by atoms with Crippen LogP contribution in [0.15, 0.2) is 0 Å². The molecule has 0 heterocycles. The van der Waals surface area contributed by atoms with Crippen LogP contribution in [0.3, 0.4) is 0 Å². The summed E-state index contributed by atoms with van der Waals surface area (Å²) in [6, 6.07) is 0. The average Bonchev–Trinajstić information content (AvgIpc) is 2.08. The third-order valence-corrected chi connectivity index (χ3v) is 3.78. The van der Waals surface area contributed by atoms with Gasteiger partial charge in [0.25, 0.3) is 0 Å². The standard InChI is InChI=1S/C13H26B/c1-11(2)12(3)14-13-9-7-5-4-6-8-10-13/h11-13H,4-10H2,1-3H3. The summed E-state index contributed by atoms with van der Waals surface area (Å²) < 4.78 is 0. The lowest BCUT2D eigenvalue weighted by molar-refractivity contribution is 0.494. The summed E-state index contributed by atoms with van der Waals surface area (Å²) in [5.41, 5.74) is 0. The van der Waals surface area contributed by atoms with E-state index >= 15 is 0 Å².